The van der Waals surface area contributed by atoms with Gasteiger partial charge in [-0.1, -0.05) is 6.92 Å². The van der Waals surface area contributed by atoms with Crippen molar-refractivity contribution in [3.05, 3.63) is 29.7 Å². The first-order chi connectivity index (χ1) is 9.67. The van der Waals surface area contributed by atoms with Crippen molar-refractivity contribution >= 4 is 11.8 Å². The molecule has 2 rings (SSSR count). The lowest BCUT2D eigenvalue weighted by Gasteiger charge is -2.09. The Balaban J connectivity index is 1.89. The first-order valence-corrected chi connectivity index (χ1v) is 6.98. The van der Waals surface area contributed by atoms with Crippen molar-refractivity contribution in [2.75, 3.05) is 23.7 Å². The molecule has 0 bridgehead atoms. The van der Waals surface area contributed by atoms with Crippen molar-refractivity contribution < 1.29 is 0 Å². The number of hydrogen-bond acceptors (Lipinski definition) is 5. The van der Waals surface area contributed by atoms with Crippen LogP contribution in [0.1, 0.15) is 24.6 Å². The normalized spacial score (nSPS) is 10.6. The van der Waals surface area contributed by atoms with E-state index in [4.69, 9.17) is 0 Å². The SMILES string of the molecule is CCCNc1nc(C)cc(NCCc2cnn(C)c2)n1. The Morgan fingerprint density at radius 1 is 1.20 bits per heavy atom. The number of aryl methyl sites for hydroxylation is 2. The van der Waals surface area contributed by atoms with E-state index in [0.717, 1.165) is 37.4 Å². The van der Waals surface area contributed by atoms with Crippen molar-refractivity contribution in [3.8, 4) is 0 Å². The molecule has 0 saturated heterocycles. The van der Waals surface area contributed by atoms with E-state index in [0.29, 0.717) is 5.95 Å². The molecular formula is C14H22N6. The number of nitrogens with one attached hydrogen (secondary N) is 2. The lowest BCUT2D eigenvalue weighted by atomic mass is 10.2. The van der Waals surface area contributed by atoms with Gasteiger partial charge in [0.15, 0.2) is 0 Å². The smallest absolute Gasteiger partial charge is 0.224 e. The minimum absolute atomic E-state index is 0.690. The van der Waals surface area contributed by atoms with Crippen LogP contribution in [0.2, 0.25) is 0 Å². The Morgan fingerprint density at radius 2 is 2.05 bits per heavy atom. The van der Waals surface area contributed by atoms with E-state index in [1.165, 1.54) is 5.56 Å². The maximum absolute atomic E-state index is 4.45. The highest BCUT2D eigenvalue weighted by Gasteiger charge is 2.02. The molecule has 2 aromatic heterocycles. The van der Waals surface area contributed by atoms with Gasteiger partial charge in [-0.05, 0) is 25.3 Å². The second kappa shape index (κ2) is 6.88. The fourth-order valence-corrected chi connectivity index (χ4v) is 1.91. The first-order valence-electron chi connectivity index (χ1n) is 6.98. The van der Waals surface area contributed by atoms with Gasteiger partial charge in [0.2, 0.25) is 5.95 Å². The molecule has 0 spiro atoms. The van der Waals surface area contributed by atoms with Gasteiger partial charge in [0.05, 0.1) is 6.20 Å². The molecule has 6 nitrogen and oxygen atoms in total. The van der Waals surface area contributed by atoms with E-state index in [-0.39, 0.29) is 0 Å². The van der Waals surface area contributed by atoms with Crippen LogP contribution in [0.4, 0.5) is 11.8 Å². The summed E-state index contributed by atoms with van der Waals surface area (Å²) in [6, 6.07) is 1.96. The van der Waals surface area contributed by atoms with Gasteiger partial charge in [0.1, 0.15) is 5.82 Å². The van der Waals surface area contributed by atoms with Gasteiger partial charge >= 0.3 is 0 Å². The third-order valence-corrected chi connectivity index (χ3v) is 2.87. The van der Waals surface area contributed by atoms with Gasteiger partial charge in [-0.2, -0.15) is 10.1 Å². The molecular weight excluding hydrogens is 252 g/mol. The van der Waals surface area contributed by atoms with Crippen LogP contribution in [-0.4, -0.2) is 32.8 Å². The molecule has 20 heavy (non-hydrogen) atoms. The van der Waals surface area contributed by atoms with E-state index in [9.17, 15) is 0 Å². The molecule has 2 N–H and O–H groups in total. The third kappa shape index (κ3) is 4.22. The molecule has 0 atom stereocenters. The van der Waals surface area contributed by atoms with Crippen LogP contribution in [0.5, 0.6) is 0 Å². The van der Waals surface area contributed by atoms with Gasteiger partial charge in [-0.25, -0.2) is 4.98 Å². The Labute approximate surface area is 119 Å². The molecule has 6 heteroatoms. The first kappa shape index (κ1) is 14.3. The zero-order chi connectivity index (χ0) is 14.4. The average Bonchev–Trinajstić information content (AvgIpc) is 2.81. The maximum Gasteiger partial charge on any atom is 0.224 e. The minimum Gasteiger partial charge on any atom is -0.370 e. The molecule has 0 aliphatic heterocycles. The van der Waals surface area contributed by atoms with Crippen LogP contribution in [0, 0.1) is 6.92 Å². The Hall–Kier alpha value is -2.11. The van der Waals surface area contributed by atoms with Gasteiger partial charge in [-0.3, -0.25) is 4.68 Å². The number of anilines is 2. The summed E-state index contributed by atoms with van der Waals surface area (Å²) in [4.78, 5) is 8.82. The van der Waals surface area contributed by atoms with Crippen LogP contribution >= 0.6 is 0 Å². The Kier molecular flexibility index (Phi) is 4.92. The zero-order valence-electron chi connectivity index (χ0n) is 12.3. The molecule has 2 aromatic rings. The predicted molar refractivity (Wildman–Crippen MR) is 81.0 cm³/mol. The number of hydrogen-bond donors (Lipinski definition) is 2. The fourth-order valence-electron chi connectivity index (χ4n) is 1.91. The quantitative estimate of drug-likeness (QED) is 0.808. The van der Waals surface area contributed by atoms with E-state index in [2.05, 4.69) is 32.6 Å². The summed E-state index contributed by atoms with van der Waals surface area (Å²) in [5.74, 6) is 1.55. The van der Waals surface area contributed by atoms with Crippen molar-refractivity contribution in [3.63, 3.8) is 0 Å². The largest absolute Gasteiger partial charge is 0.370 e. The molecule has 0 amide bonds. The highest BCUT2D eigenvalue weighted by atomic mass is 15.2. The van der Waals surface area contributed by atoms with E-state index < -0.39 is 0 Å². The van der Waals surface area contributed by atoms with Gasteiger partial charge in [0, 0.05) is 38.1 Å². The molecule has 0 fully saturated rings. The van der Waals surface area contributed by atoms with E-state index in [1.54, 1.807) is 0 Å². The molecule has 0 aromatic carbocycles. The summed E-state index contributed by atoms with van der Waals surface area (Å²) in [6.07, 6.45) is 5.90. The highest BCUT2D eigenvalue weighted by molar-refractivity contribution is 5.42. The molecule has 0 unspecified atom stereocenters. The molecule has 0 aliphatic carbocycles. The molecule has 0 radical (unpaired) electrons. The number of nitrogens with zero attached hydrogens (tertiary/aromatic N) is 4. The zero-order valence-corrected chi connectivity index (χ0v) is 12.3. The van der Waals surface area contributed by atoms with Gasteiger partial charge in [0.25, 0.3) is 0 Å². The van der Waals surface area contributed by atoms with Gasteiger partial charge in [-0.15, -0.1) is 0 Å². The highest BCUT2D eigenvalue weighted by Crippen LogP contribution is 2.10. The monoisotopic (exact) mass is 274 g/mol. The summed E-state index contributed by atoms with van der Waals surface area (Å²) >= 11 is 0. The third-order valence-electron chi connectivity index (χ3n) is 2.87. The van der Waals surface area contributed by atoms with E-state index >= 15 is 0 Å². The van der Waals surface area contributed by atoms with Crippen LogP contribution in [0.3, 0.4) is 0 Å². The lowest BCUT2D eigenvalue weighted by molar-refractivity contribution is 0.767. The Bertz CT molecular complexity index is 548. The fraction of sp³-hybridized carbons (Fsp3) is 0.500. The second-order valence-corrected chi connectivity index (χ2v) is 4.84. The predicted octanol–water partition coefficient (Wildman–Crippen LogP) is 2.00. The Morgan fingerprint density at radius 3 is 2.75 bits per heavy atom. The lowest BCUT2D eigenvalue weighted by Crippen LogP contribution is -2.10. The summed E-state index contributed by atoms with van der Waals surface area (Å²) in [7, 11) is 1.93. The topological polar surface area (TPSA) is 67.7 Å². The molecule has 2 heterocycles. The van der Waals surface area contributed by atoms with E-state index in [1.807, 2.05) is 37.1 Å². The van der Waals surface area contributed by atoms with Gasteiger partial charge < -0.3 is 10.6 Å². The van der Waals surface area contributed by atoms with Crippen molar-refractivity contribution in [1.82, 2.24) is 19.7 Å². The average molecular weight is 274 g/mol. The minimum atomic E-state index is 0.690. The summed E-state index contributed by atoms with van der Waals surface area (Å²) in [6.45, 7) is 5.81. The molecule has 0 saturated carbocycles. The standard InChI is InChI=1S/C14H22N6/c1-4-6-16-14-18-11(2)8-13(19-14)15-7-5-12-9-17-20(3)10-12/h8-10H,4-7H2,1-3H3,(H2,15,16,18,19). The molecule has 108 valence electrons. The summed E-state index contributed by atoms with van der Waals surface area (Å²) in [5.41, 5.74) is 2.18. The van der Waals surface area contributed by atoms with Crippen LogP contribution in [-0.2, 0) is 13.5 Å². The van der Waals surface area contributed by atoms with Crippen molar-refractivity contribution in [2.24, 2.45) is 7.05 Å². The van der Waals surface area contributed by atoms with Crippen molar-refractivity contribution in [1.29, 1.82) is 0 Å². The summed E-state index contributed by atoms with van der Waals surface area (Å²) < 4.78 is 1.82. The van der Waals surface area contributed by atoms with Crippen LogP contribution in [0.25, 0.3) is 0 Å². The number of aromatic nitrogens is 4. The second-order valence-electron chi connectivity index (χ2n) is 4.84. The number of rotatable bonds is 7. The molecule has 0 aliphatic rings. The van der Waals surface area contributed by atoms with Crippen LogP contribution < -0.4 is 10.6 Å². The van der Waals surface area contributed by atoms with Crippen LogP contribution in [0.15, 0.2) is 18.5 Å². The summed E-state index contributed by atoms with van der Waals surface area (Å²) in [5, 5.41) is 10.7. The maximum atomic E-state index is 4.45. The van der Waals surface area contributed by atoms with Crippen molar-refractivity contribution in [2.45, 2.75) is 26.7 Å².